The molecule has 0 aromatic heterocycles. The molecular formula is C14H8Cl4O4. The second-order valence-corrected chi connectivity index (χ2v) is 5.63. The molecule has 0 amide bonds. The summed E-state index contributed by atoms with van der Waals surface area (Å²) in [6.07, 6.45) is 1.87. The highest BCUT2D eigenvalue weighted by Crippen LogP contribution is 2.27. The van der Waals surface area contributed by atoms with Gasteiger partial charge in [-0.15, -0.1) is 0 Å². The first-order valence-corrected chi connectivity index (χ1v) is 7.11. The number of carbonyl (C=O) groups excluding carboxylic acids is 1. The first-order valence-electron chi connectivity index (χ1n) is 5.59. The molecule has 1 aromatic rings. The maximum Gasteiger partial charge on any atom is 0.372 e. The maximum atomic E-state index is 12.1. The number of aliphatic hydroxyl groups is 1. The lowest BCUT2D eigenvalue weighted by Crippen LogP contribution is -2.02. The fourth-order valence-corrected chi connectivity index (χ4v) is 2.05. The third-order valence-electron chi connectivity index (χ3n) is 2.38. The Hall–Kier alpha value is -1.46. The van der Waals surface area contributed by atoms with E-state index in [0.717, 1.165) is 12.2 Å². The van der Waals surface area contributed by atoms with Crippen LogP contribution in [0.25, 0.3) is 5.57 Å². The van der Waals surface area contributed by atoms with Gasteiger partial charge in [-0.2, -0.15) is 0 Å². The lowest BCUT2D eigenvalue weighted by molar-refractivity contribution is -0.135. The lowest BCUT2D eigenvalue weighted by Gasteiger charge is -2.05. The highest BCUT2D eigenvalue weighted by Gasteiger charge is 2.15. The molecular weight excluding hydrogens is 374 g/mol. The summed E-state index contributed by atoms with van der Waals surface area (Å²) in [7, 11) is 0. The van der Waals surface area contributed by atoms with Crippen LogP contribution < -0.4 is 0 Å². The van der Waals surface area contributed by atoms with Crippen LogP contribution in [-0.4, -0.2) is 22.0 Å². The number of carbonyl (C=O) groups is 2. The molecule has 1 rings (SSSR count). The van der Waals surface area contributed by atoms with E-state index in [9.17, 15) is 9.59 Å². The predicted molar refractivity (Wildman–Crippen MR) is 87.4 cm³/mol. The minimum absolute atomic E-state index is 0.0180. The van der Waals surface area contributed by atoms with Crippen LogP contribution in [0.5, 0.6) is 0 Å². The van der Waals surface area contributed by atoms with Gasteiger partial charge in [0.05, 0.1) is 10.6 Å². The first kappa shape index (κ1) is 18.6. The van der Waals surface area contributed by atoms with Gasteiger partial charge in [-0.05, 0) is 29.8 Å². The largest absolute Gasteiger partial charge is 0.501 e. The van der Waals surface area contributed by atoms with Gasteiger partial charge < -0.3 is 10.2 Å². The average Bonchev–Trinajstić information content (AvgIpc) is 2.45. The van der Waals surface area contributed by atoms with E-state index in [0.29, 0.717) is 10.6 Å². The minimum Gasteiger partial charge on any atom is -0.501 e. The standard InChI is InChI=1S/C14H8Cl4O4/c15-8-3-1-7(2-4-8)11(13(17)18)10(19)6-5-9(16)12(20)14(21)22/h1-6,20H,(H,21,22)/b6-5+,12-9+. The third-order valence-corrected chi connectivity index (χ3v) is 3.31. The Morgan fingerprint density at radius 1 is 0.955 bits per heavy atom. The van der Waals surface area contributed by atoms with Crippen molar-refractivity contribution in [2.45, 2.75) is 0 Å². The van der Waals surface area contributed by atoms with Crippen LogP contribution in [0.4, 0.5) is 0 Å². The van der Waals surface area contributed by atoms with Gasteiger partial charge in [-0.3, -0.25) is 4.79 Å². The van der Waals surface area contributed by atoms with Gasteiger partial charge in [0.25, 0.3) is 0 Å². The molecule has 4 nitrogen and oxygen atoms in total. The molecule has 0 atom stereocenters. The quantitative estimate of drug-likeness (QED) is 0.440. The number of ketones is 1. The summed E-state index contributed by atoms with van der Waals surface area (Å²) < 4.78 is -0.278. The Labute approximate surface area is 145 Å². The highest BCUT2D eigenvalue weighted by molar-refractivity contribution is 6.62. The van der Waals surface area contributed by atoms with Crippen molar-refractivity contribution in [2.24, 2.45) is 0 Å². The minimum atomic E-state index is -1.62. The maximum absolute atomic E-state index is 12.1. The molecule has 0 fully saturated rings. The van der Waals surface area contributed by atoms with Gasteiger partial charge in [0.2, 0.25) is 5.76 Å². The Morgan fingerprint density at radius 3 is 1.95 bits per heavy atom. The number of aliphatic carboxylic acids is 1. The summed E-state index contributed by atoms with van der Waals surface area (Å²) >= 11 is 22.7. The predicted octanol–water partition coefficient (Wildman–Crippen LogP) is 4.70. The fourth-order valence-electron chi connectivity index (χ4n) is 1.37. The van der Waals surface area contributed by atoms with Crippen molar-refractivity contribution in [3.63, 3.8) is 0 Å². The van der Waals surface area contributed by atoms with Crippen molar-refractivity contribution < 1.29 is 19.8 Å². The van der Waals surface area contributed by atoms with Gasteiger partial charge in [-0.25, -0.2) is 4.79 Å². The van der Waals surface area contributed by atoms with E-state index < -0.39 is 22.5 Å². The normalized spacial score (nSPS) is 12.0. The number of hydrogen-bond donors (Lipinski definition) is 2. The van der Waals surface area contributed by atoms with E-state index >= 15 is 0 Å². The molecule has 1 aromatic carbocycles. The van der Waals surface area contributed by atoms with Crippen LogP contribution >= 0.6 is 46.4 Å². The number of halogens is 4. The Balaban J connectivity index is 3.13. The molecule has 0 heterocycles. The third kappa shape index (κ3) is 5.07. The van der Waals surface area contributed by atoms with Crippen molar-refractivity contribution in [3.05, 3.63) is 62.3 Å². The monoisotopic (exact) mass is 380 g/mol. The summed E-state index contributed by atoms with van der Waals surface area (Å²) in [6, 6.07) is 6.18. The van der Waals surface area contributed by atoms with Gasteiger partial charge in [0.15, 0.2) is 5.78 Å². The second kappa shape index (κ2) is 8.25. The number of rotatable bonds is 5. The number of hydrogen-bond acceptors (Lipinski definition) is 3. The molecule has 22 heavy (non-hydrogen) atoms. The molecule has 0 aliphatic heterocycles. The van der Waals surface area contributed by atoms with E-state index in [2.05, 4.69) is 0 Å². The molecule has 2 N–H and O–H groups in total. The van der Waals surface area contributed by atoms with Crippen molar-refractivity contribution in [1.29, 1.82) is 0 Å². The number of allylic oxidation sites excluding steroid dienone is 4. The zero-order valence-electron chi connectivity index (χ0n) is 10.7. The molecule has 0 aliphatic carbocycles. The fraction of sp³-hybridized carbons (Fsp3) is 0. The summed E-state index contributed by atoms with van der Waals surface area (Å²) in [4.78, 5) is 22.6. The van der Waals surface area contributed by atoms with Gasteiger partial charge in [-0.1, -0.05) is 58.5 Å². The van der Waals surface area contributed by atoms with Crippen LogP contribution in [0.15, 0.2) is 51.7 Å². The van der Waals surface area contributed by atoms with E-state index in [1.807, 2.05) is 0 Å². The van der Waals surface area contributed by atoms with E-state index in [1.165, 1.54) is 0 Å². The molecule has 0 aliphatic rings. The Morgan fingerprint density at radius 2 is 1.50 bits per heavy atom. The van der Waals surface area contributed by atoms with Gasteiger partial charge in [0.1, 0.15) is 4.49 Å². The number of carboxylic acid groups (broad SMARTS) is 1. The first-order chi connectivity index (χ1) is 10.2. The van der Waals surface area contributed by atoms with Crippen LogP contribution in [0.2, 0.25) is 5.02 Å². The Bertz CT molecular complexity index is 683. The number of benzene rings is 1. The van der Waals surface area contributed by atoms with Crippen molar-refractivity contribution >= 4 is 63.7 Å². The molecule has 0 saturated heterocycles. The van der Waals surface area contributed by atoms with Crippen LogP contribution in [0.3, 0.4) is 0 Å². The second-order valence-electron chi connectivity index (χ2n) is 3.84. The van der Waals surface area contributed by atoms with E-state index in [1.54, 1.807) is 24.3 Å². The Kier molecular flexibility index (Phi) is 6.97. The zero-order chi connectivity index (χ0) is 16.9. The van der Waals surface area contributed by atoms with Gasteiger partial charge >= 0.3 is 5.97 Å². The molecule has 0 spiro atoms. The van der Waals surface area contributed by atoms with Crippen LogP contribution in [0, 0.1) is 0 Å². The molecule has 0 saturated carbocycles. The molecule has 116 valence electrons. The van der Waals surface area contributed by atoms with E-state index in [4.69, 9.17) is 56.6 Å². The lowest BCUT2D eigenvalue weighted by atomic mass is 10.0. The van der Waals surface area contributed by atoms with Crippen molar-refractivity contribution in [1.82, 2.24) is 0 Å². The highest BCUT2D eigenvalue weighted by atomic mass is 35.5. The topological polar surface area (TPSA) is 74.6 Å². The smallest absolute Gasteiger partial charge is 0.372 e. The summed E-state index contributed by atoms with van der Waals surface area (Å²) in [5.41, 5.74) is 0.400. The zero-order valence-corrected chi connectivity index (χ0v) is 13.7. The summed E-state index contributed by atoms with van der Waals surface area (Å²) in [5.74, 6) is -3.33. The van der Waals surface area contributed by atoms with Gasteiger partial charge in [0, 0.05) is 5.02 Å². The molecule has 0 unspecified atom stereocenters. The van der Waals surface area contributed by atoms with Crippen LogP contribution in [-0.2, 0) is 9.59 Å². The molecule has 0 bridgehead atoms. The average molecular weight is 382 g/mol. The van der Waals surface area contributed by atoms with Crippen LogP contribution in [0.1, 0.15) is 5.56 Å². The van der Waals surface area contributed by atoms with E-state index in [-0.39, 0.29) is 10.1 Å². The summed E-state index contributed by atoms with van der Waals surface area (Å²) in [5, 5.41) is 17.6. The molecule has 0 radical (unpaired) electrons. The molecule has 8 heteroatoms. The summed E-state index contributed by atoms with van der Waals surface area (Å²) in [6.45, 7) is 0. The van der Waals surface area contributed by atoms with Crippen molar-refractivity contribution in [3.8, 4) is 0 Å². The van der Waals surface area contributed by atoms with Crippen molar-refractivity contribution in [2.75, 3.05) is 0 Å². The SMILES string of the molecule is O=C(/C=C/C(Cl)=C(\O)C(=O)O)C(=C(Cl)Cl)c1ccc(Cl)cc1. The number of aliphatic hydroxyl groups excluding tert-OH is 1. The number of carboxylic acids is 1.